The van der Waals surface area contributed by atoms with Gasteiger partial charge in [0.15, 0.2) is 11.0 Å². The third-order valence-corrected chi connectivity index (χ3v) is 5.06. The molecule has 0 atom stereocenters. The van der Waals surface area contributed by atoms with Crippen LogP contribution < -0.4 is 4.74 Å². The maximum Gasteiger partial charge on any atom is 0.237 e. The van der Waals surface area contributed by atoms with E-state index in [1.165, 1.54) is 11.8 Å². The Kier molecular flexibility index (Phi) is 5.66. The number of benzene rings is 1. The van der Waals surface area contributed by atoms with Gasteiger partial charge in [-0.3, -0.25) is 9.55 Å². The van der Waals surface area contributed by atoms with Crippen molar-refractivity contribution in [1.82, 2.24) is 29.9 Å². The fraction of sp³-hybridized carbons (Fsp3) is 0.150. The first-order valence-electron chi connectivity index (χ1n) is 8.83. The topological polar surface area (TPSA) is 91.8 Å². The van der Waals surface area contributed by atoms with Gasteiger partial charge in [0, 0.05) is 24.5 Å². The molecule has 0 fully saturated rings. The van der Waals surface area contributed by atoms with Gasteiger partial charge in [-0.15, -0.1) is 16.8 Å². The van der Waals surface area contributed by atoms with Crippen molar-refractivity contribution >= 4 is 11.8 Å². The number of pyridine rings is 1. The number of nitrogens with zero attached hydrogens (tertiary/aromatic N) is 6. The molecule has 0 aliphatic rings. The number of hydrogen-bond donors (Lipinski definition) is 0. The minimum absolute atomic E-state index is 0.466. The number of hydrogen-bond acceptors (Lipinski definition) is 8. The highest BCUT2D eigenvalue weighted by Crippen LogP contribution is 2.29. The quantitative estimate of drug-likeness (QED) is 0.322. The molecule has 0 saturated carbocycles. The van der Waals surface area contributed by atoms with Crippen LogP contribution in [-0.4, -0.2) is 37.0 Å². The van der Waals surface area contributed by atoms with Gasteiger partial charge in [0.05, 0.1) is 18.4 Å². The zero-order valence-electron chi connectivity index (χ0n) is 15.7. The largest absolute Gasteiger partial charge is 0.496 e. The molecule has 8 nitrogen and oxygen atoms in total. The van der Waals surface area contributed by atoms with Crippen molar-refractivity contribution in [2.24, 2.45) is 0 Å². The number of allylic oxidation sites excluding steroid dienone is 1. The number of rotatable bonds is 8. The van der Waals surface area contributed by atoms with Crippen LogP contribution in [0.3, 0.4) is 0 Å². The number of thioether (sulfide) groups is 1. The van der Waals surface area contributed by atoms with Crippen molar-refractivity contribution in [3.8, 4) is 28.5 Å². The van der Waals surface area contributed by atoms with E-state index in [0.717, 1.165) is 22.1 Å². The van der Waals surface area contributed by atoms with E-state index in [4.69, 9.17) is 9.26 Å². The maximum absolute atomic E-state index is 5.41. The normalized spacial score (nSPS) is 10.8. The van der Waals surface area contributed by atoms with E-state index in [-0.39, 0.29) is 0 Å². The number of ether oxygens (including phenoxy) is 1. The summed E-state index contributed by atoms with van der Waals surface area (Å²) in [6.45, 7) is 4.42. The highest BCUT2D eigenvalue weighted by atomic mass is 32.2. The van der Waals surface area contributed by atoms with Crippen molar-refractivity contribution in [1.29, 1.82) is 0 Å². The molecule has 4 aromatic rings. The lowest BCUT2D eigenvalue weighted by Crippen LogP contribution is -2.00. The van der Waals surface area contributed by atoms with E-state index >= 15 is 0 Å². The summed E-state index contributed by atoms with van der Waals surface area (Å²) in [6.07, 6.45) is 5.27. The fourth-order valence-corrected chi connectivity index (χ4v) is 3.57. The van der Waals surface area contributed by atoms with Gasteiger partial charge < -0.3 is 9.26 Å². The summed E-state index contributed by atoms with van der Waals surface area (Å²) in [6, 6.07) is 11.3. The summed E-state index contributed by atoms with van der Waals surface area (Å²) in [7, 11) is 1.61. The Morgan fingerprint density at radius 3 is 2.79 bits per heavy atom. The lowest BCUT2D eigenvalue weighted by molar-refractivity contribution is 0.390. The average molecular weight is 406 g/mol. The average Bonchev–Trinajstić information content (AvgIpc) is 3.40. The van der Waals surface area contributed by atoms with E-state index in [2.05, 4.69) is 31.9 Å². The summed E-state index contributed by atoms with van der Waals surface area (Å²) in [5.41, 5.74) is 1.72. The smallest absolute Gasteiger partial charge is 0.237 e. The van der Waals surface area contributed by atoms with Crippen LogP contribution in [-0.2, 0) is 12.3 Å². The van der Waals surface area contributed by atoms with Crippen molar-refractivity contribution in [3.63, 3.8) is 0 Å². The van der Waals surface area contributed by atoms with Crippen molar-refractivity contribution in [3.05, 3.63) is 67.3 Å². The molecule has 0 bridgehead atoms. The molecule has 0 aliphatic carbocycles. The third kappa shape index (κ3) is 4.04. The molecule has 29 heavy (non-hydrogen) atoms. The van der Waals surface area contributed by atoms with Crippen LogP contribution in [0.25, 0.3) is 22.8 Å². The Bertz CT molecular complexity index is 1110. The first-order valence-corrected chi connectivity index (χ1v) is 9.82. The zero-order valence-corrected chi connectivity index (χ0v) is 16.5. The Hall–Kier alpha value is -3.46. The monoisotopic (exact) mass is 406 g/mol. The maximum atomic E-state index is 5.41. The molecule has 9 heteroatoms. The molecule has 0 radical (unpaired) electrons. The molecule has 1 aromatic carbocycles. The number of para-hydroxylation sites is 1. The molecular formula is C20H18N6O2S. The van der Waals surface area contributed by atoms with E-state index in [9.17, 15) is 0 Å². The standard InChI is InChI=1S/C20H18N6O2S/c1-3-12-26-19(14-8-10-21-11-9-14)23-24-20(26)29-13-17-22-18(25-28-17)15-6-4-5-7-16(15)27-2/h3-11H,1,12-13H2,2H3. The van der Waals surface area contributed by atoms with Gasteiger partial charge in [-0.05, 0) is 24.3 Å². The SMILES string of the molecule is C=CCn1c(SCc2nc(-c3ccccc3OC)no2)nnc1-c1ccncc1. The van der Waals surface area contributed by atoms with Crippen LogP contribution in [0.15, 0.2) is 71.1 Å². The molecule has 0 aliphatic heterocycles. The molecule has 3 aromatic heterocycles. The van der Waals surface area contributed by atoms with E-state index in [0.29, 0.717) is 29.8 Å². The molecule has 0 N–H and O–H groups in total. The summed E-state index contributed by atoms with van der Waals surface area (Å²) in [5.74, 6) is 2.90. The number of aromatic nitrogens is 6. The molecule has 0 saturated heterocycles. The lowest BCUT2D eigenvalue weighted by atomic mass is 10.2. The second kappa shape index (κ2) is 8.70. The van der Waals surface area contributed by atoms with Gasteiger partial charge in [-0.25, -0.2) is 0 Å². The van der Waals surface area contributed by atoms with Crippen molar-refractivity contribution in [2.45, 2.75) is 17.5 Å². The van der Waals surface area contributed by atoms with Crippen LogP contribution in [0.5, 0.6) is 5.75 Å². The minimum Gasteiger partial charge on any atom is -0.496 e. The molecule has 0 amide bonds. The van der Waals surface area contributed by atoms with Gasteiger partial charge in [0.2, 0.25) is 11.7 Å². The van der Waals surface area contributed by atoms with Gasteiger partial charge >= 0.3 is 0 Å². The minimum atomic E-state index is 0.466. The van der Waals surface area contributed by atoms with Gasteiger partial charge in [0.1, 0.15) is 5.75 Å². The highest BCUT2D eigenvalue weighted by Gasteiger charge is 2.17. The Labute approximate surface area is 171 Å². The Balaban J connectivity index is 1.53. The third-order valence-electron chi connectivity index (χ3n) is 4.11. The summed E-state index contributed by atoms with van der Waals surface area (Å²) in [4.78, 5) is 8.53. The fourth-order valence-electron chi connectivity index (χ4n) is 2.78. The van der Waals surface area contributed by atoms with Crippen LogP contribution in [0.1, 0.15) is 5.89 Å². The molecule has 0 spiro atoms. The molecule has 3 heterocycles. The van der Waals surface area contributed by atoms with Crippen molar-refractivity contribution in [2.75, 3.05) is 7.11 Å². The molecule has 0 unspecified atom stereocenters. The van der Waals surface area contributed by atoms with Gasteiger partial charge in [-0.2, -0.15) is 4.98 Å². The van der Waals surface area contributed by atoms with Crippen LogP contribution in [0, 0.1) is 0 Å². The van der Waals surface area contributed by atoms with E-state index < -0.39 is 0 Å². The predicted octanol–water partition coefficient (Wildman–Crippen LogP) is 3.88. The molecule has 146 valence electrons. The summed E-state index contributed by atoms with van der Waals surface area (Å²) >= 11 is 1.47. The van der Waals surface area contributed by atoms with Gasteiger partial charge in [-0.1, -0.05) is 35.1 Å². The highest BCUT2D eigenvalue weighted by molar-refractivity contribution is 7.98. The van der Waals surface area contributed by atoms with E-state index in [1.54, 1.807) is 19.5 Å². The van der Waals surface area contributed by atoms with Gasteiger partial charge in [0.25, 0.3) is 0 Å². The summed E-state index contributed by atoms with van der Waals surface area (Å²) < 4.78 is 12.8. The second-order valence-electron chi connectivity index (χ2n) is 5.94. The van der Waals surface area contributed by atoms with E-state index in [1.807, 2.05) is 47.0 Å². The number of methoxy groups -OCH3 is 1. The first kappa shape index (κ1) is 18.9. The lowest BCUT2D eigenvalue weighted by Gasteiger charge is -2.06. The Morgan fingerprint density at radius 2 is 2.00 bits per heavy atom. The van der Waals surface area contributed by atoms with Crippen molar-refractivity contribution < 1.29 is 9.26 Å². The zero-order chi connectivity index (χ0) is 20.1. The van der Waals surface area contributed by atoms with Crippen LogP contribution >= 0.6 is 11.8 Å². The predicted molar refractivity (Wildman–Crippen MR) is 109 cm³/mol. The molecule has 4 rings (SSSR count). The molecular weight excluding hydrogens is 388 g/mol. The Morgan fingerprint density at radius 1 is 1.17 bits per heavy atom. The van der Waals surface area contributed by atoms with Crippen LogP contribution in [0.2, 0.25) is 0 Å². The first-order chi connectivity index (χ1) is 14.3. The summed E-state index contributed by atoms with van der Waals surface area (Å²) in [5, 5.41) is 13.5. The second-order valence-corrected chi connectivity index (χ2v) is 6.88. The van der Waals surface area contributed by atoms with Crippen LogP contribution in [0.4, 0.5) is 0 Å².